The molecule has 8 aromatic carbocycles. The molecule has 0 radical (unpaired) electrons. The number of thiophene rings is 1. The van der Waals surface area contributed by atoms with E-state index in [0.29, 0.717) is 0 Å². The Labute approximate surface area is 272 Å². The van der Waals surface area contributed by atoms with E-state index in [1.54, 1.807) is 0 Å². The van der Waals surface area contributed by atoms with Gasteiger partial charge in [-0.2, -0.15) is 0 Å². The lowest BCUT2D eigenvalue weighted by atomic mass is 9.97. The molecule has 1 heterocycles. The molecule has 0 aliphatic carbocycles. The van der Waals surface area contributed by atoms with Crippen molar-refractivity contribution >= 4 is 70.1 Å². The predicted octanol–water partition coefficient (Wildman–Crippen LogP) is 13.2. The third-order valence-corrected chi connectivity index (χ3v) is 10.3. The van der Waals surface area contributed by atoms with Gasteiger partial charge in [0, 0.05) is 37.1 Å². The molecule has 0 spiro atoms. The first kappa shape index (κ1) is 26.7. The zero-order valence-electron chi connectivity index (χ0n) is 25.1. The molecule has 0 unspecified atom stereocenters. The van der Waals surface area contributed by atoms with Crippen LogP contribution >= 0.6 is 11.3 Å². The van der Waals surface area contributed by atoms with Gasteiger partial charge in [-0.3, -0.25) is 0 Å². The number of benzene rings is 8. The zero-order valence-corrected chi connectivity index (χ0v) is 25.9. The summed E-state index contributed by atoms with van der Waals surface area (Å²) in [6.45, 7) is 0. The highest BCUT2D eigenvalue weighted by atomic mass is 32.1. The zero-order chi connectivity index (χ0) is 30.5. The van der Waals surface area contributed by atoms with Crippen LogP contribution in [0.15, 0.2) is 176 Å². The molecule has 0 bridgehead atoms. The highest BCUT2D eigenvalue weighted by molar-refractivity contribution is 7.26. The largest absolute Gasteiger partial charge is 0.310 e. The highest BCUT2D eigenvalue weighted by Crippen LogP contribution is 2.45. The summed E-state index contributed by atoms with van der Waals surface area (Å²) in [5.41, 5.74) is 8.27. The fourth-order valence-corrected chi connectivity index (χ4v) is 8.08. The second-order valence-corrected chi connectivity index (χ2v) is 12.8. The highest BCUT2D eigenvalue weighted by Gasteiger charge is 2.19. The average Bonchev–Trinajstić information content (AvgIpc) is 3.51. The van der Waals surface area contributed by atoms with Gasteiger partial charge in [0.2, 0.25) is 0 Å². The van der Waals surface area contributed by atoms with Gasteiger partial charge in [-0.1, -0.05) is 140 Å². The molecular weight excluding hydrogens is 575 g/mol. The van der Waals surface area contributed by atoms with Gasteiger partial charge in [-0.05, 0) is 74.6 Å². The molecule has 9 aromatic rings. The van der Waals surface area contributed by atoms with Crippen LogP contribution in [0.5, 0.6) is 0 Å². The molecule has 2 heteroatoms. The minimum Gasteiger partial charge on any atom is -0.310 e. The first-order valence-electron chi connectivity index (χ1n) is 15.7. The third-order valence-electron chi connectivity index (χ3n) is 9.06. The van der Waals surface area contributed by atoms with E-state index in [9.17, 15) is 0 Å². The van der Waals surface area contributed by atoms with E-state index in [0.717, 1.165) is 17.1 Å². The van der Waals surface area contributed by atoms with Gasteiger partial charge >= 0.3 is 0 Å². The normalized spacial score (nSPS) is 11.5. The lowest BCUT2D eigenvalue weighted by molar-refractivity contribution is 1.29. The summed E-state index contributed by atoms with van der Waals surface area (Å²) in [7, 11) is 0. The Balaban J connectivity index is 1.24. The fourth-order valence-electron chi connectivity index (χ4n) is 6.86. The molecule has 0 atom stereocenters. The number of fused-ring (bicyclic) bond motifs is 6. The summed E-state index contributed by atoms with van der Waals surface area (Å²) in [5.74, 6) is 0. The lowest BCUT2D eigenvalue weighted by Crippen LogP contribution is -2.11. The molecule has 9 rings (SSSR count). The Morgan fingerprint density at radius 2 is 1.00 bits per heavy atom. The molecule has 0 N–H and O–H groups in total. The van der Waals surface area contributed by atoms with Crippen LogP contribution < -0.4 is 4.90 Å². The van der Waals surface area contributed by atoms with Gasteiger partial charge in [0.25, 0.3) is 0 Å². The van der Waals surface area contributed by atoms with Crippen molar-refractivity contribution in [3.63, 3.8) is 0 Å². The van der Waals surface area contributed by atoms with Crippen LogP contribution in [0.2, 0.25) is 0 Å². The summed E-state index contributed by atoms with van der Waals surface area (Å²) in [6, 6.07) is 63.9. The molecule has 0 fully saturated rings. The molecule has 216 valence electrons. The Morgan fingerprint density at radius 1 is 0.370 bits per heavy atom. The van der Waals surface area contributed by atoms with Gasteiger partial charge in [0.15, 0.2) is 0 Å². The molecule has 0 aliphatic heterocycles. The maximum atomic E-state index is 2.42. The van der Waals surface area contributed by atoms with E-state index < -0.39 is 0 Å². The SMILES string of the molecule is c1ccc(-c2ccccc2N(c2ccc(-c3cccc4ccccc34)cc2)c2ccc3sc4c5ccccc5ccc4c3c2)cc1. The maximum absolute atomic E-state index is 2.42. The van der Waals surface area contributed by atoms with Gasteiger partial charge in [0.1, 0.15) is 0 Å². The first-order chi connectivity index (χ1) is 22.8. The second-order valence-electron chi connectivity index (χ2n) is 11.7. The van der Waals surface area contributed by atoms with Crippen molar-refractivity contribution in [3.8, 4) is 22.3 Å². The summed E-state index contributed by atoms with van der Waals surface area (Å²) in [5, 5.41) is 7.73. The molecular formula is C44H29NS. The summed E-state index contributed by atoms with van der Waals surface area (Å²) < 4.78 is 2.65. The fraction of sp³-hybridized carbons (Fsp3) is 0. The number of para-hydroxylation sites is 1. The maximum Gasteiger partial charge on any atom is 0.0540 e. The molecule has 0 saturated heterocycles. The topological polar surface area (TPSA) is 3.24 Å². The van der Waals surface area contributed by atoms with Crippen LogP contribution in [0.3, 0.4) is 0 Å². The summed E-state index contributed by atoms with van der Waals surface area (Å²) in [6.07, 6.45) is 0. The smallest absolute Gasteiger partial charge is 0.0540 e. The Kier molecular flexibility index (Phi) is 6.40. The Hall–Kier alpha value is -5.70. The van der Waals surface area contributed by atoms with Crippen LogP contribution in [0.4, 0.5) is 17.1 Å². The average molecular weight is 604 g/mol. The molecule has 0 saturated carbocycles. The predicted molar refractivity (Wildman–Crippen MR) is 200 cm³/mol. The quantitative estimate of drug-likeness (QED) is 0.189. The standard InChI is InChI=1S/C44H29NS/c1-2-11-31(12-3-1)38-17-8-9-20-42(38)45(34-24-21-33(22-25-34)37-19-10-15-30-13-4-6-16-36(30)37)35-26-28-43-41(29-35)40-27-23-32-14-5-7-18-39(32)44(40)46-43/h1-29H. The van der Waals surface area contributed by atoms with E-state index in [1.807, 2.05) is 11.3 Å². The van der Waals surface area contributed by atoms with E-state index in [-0.39, 0.29) is 0 Å². The number of nitrogens with zero attached hydrogens (tertiary/aromatic N) is 1. The van der Waals surface area contributed by atoms with Crippen molar-refractivity contribution in [2.45, 2.75) is 0 Å². The van der Waals surface area contributed by atoms with Gasteiger partial charge in [0.05, 0.1) is 5.69 Å². The minimum atomic E-state index is 1.12. The van der Waals surface area contributed by atoms with Crippen LogP contribution in [0.1, 0.15) is 0 Å². The van der Waals surface area contributed by atoms with Crippen molar-refractivity contribution in [2.24, 2.45) is 0 Å². The van der Waals surface area contributed by atoms with Crippen molar-refractivity contribution < 1.29 is 0 Å². The van der Waals surface area contributed by atoms with E-state index >= 15 is 0 Å². The number of hydrogen-bond donors (Lipinski definition) is 0. The minimum absolute atomic E-state index is 1.12. The summed E-state index contributed by atoms with van der Waals surface area (Å²) in [4.78, 5) is 2.42. The monoisotopic (exact) mass is 603 g/mol. The van der Waals surface area contributed by atoms with Crippen LogP contribution in [-0.2, 0) is 0 Å². The van der Waals surface area contributed by atoms with E-state index in [2.05, 4.69) is 181 Å². The van der Waals surface area contributed by atoms with Crippen LogP contribution in [0, 0.1) is 0 Å². The molecule has 0 amide bonds. The van der Waals surface area contributed by atoms with Crippen molar-refractivity contribution in [2.75, 3.05) is 4.90 Å². The third kappa shape index (κ3) is 4.46. The lowest BCUT2D eigenvalue weighted by Gasteiger charge is -2.28. The van der Waals surface area contributed by atoms with Crippen LogP contribution in [-0.4, -0.2) is 0 Å². The number of anilines is 3. The van der Waals surface area contributed by atoms with Crippen LogP contribution in [0.25, 0.3) is 64.0 Å². The van der Waals surface area contributed by atoms with Gasteiger partial charge in [-0.25, -0.2) is 0 Å². The summed E-state index contributed by atoms with van der Waals surface area (Å²) >= 11 is 1.89. The first-order valence-corrected chi connectivity index (χ1v) is 16.5. The number of rotatable bonds is 5. The van der Waals surface area contributed by atoms with E-state index in [1.165, 1.54) is 64.0 Å². The van der Waals surface area contributed by atoms with Gasteiger partial charge in [-0.15, -0.1) is 11.3 Å². The van der Waals surface area contributed by atoms with Crippen molar-refractivity contribution in [3.05, 3.63) is 176 Å². The molecule has 1 nitrogen and oxygen atoms in total. The molecule has 0 aliphatic rings. The second kappa shape index (κ2) is 11.0. The van der Waals surface area contributed by atoms with Crippen molar-refractivity contribution in [1.82, 2.24) is 0 Å². The number of hydrogen-bond acceptors (Lipinski definition) is 2. The van der Waals surface area contributed by atoms with Crippen molar-refractivity contribution in [1.29, 1.82) is 0 Å². The Bertz CT molecular complexity index is 2520. The Morgan fingerprint density at radius 3 is 1.85 bits per heavy atom. The molecule has 1 aromatic heterocycles. The van der Waals surface area contributed by atoms with E-state index in [4.69, 9.17) is 0 Å². The van der Waals surface area contributed by atoms with Gasteiger partial charge < -0.3 is 4.90 Å². The molecule has 46 heavy (non-hydrogen) atoms.